The van der Waals surface area contributed by atoms with E-state index in [0.29, 0.717) is 5.57 Å². The van der Waals surface area contributed by atoms with Gasteiger partial charge in [0.25, 0.3) is 22.9 Å². The lowest BCUT2D eigenvalue weighted by atomic mass is 9.91. The lowest BCUT2D eigenvalue weighted by Crippen LogP contribution is -2.61. The van der Waals surface area contributed by atoms with Crippen LogP contribution in [0.3, 0.4) is 0 Å². The number of amides is 2. The molecule has 0 bridgehead atoms. The molecule has 0 fully saturated rings. The second-order valence-electron chi connectivity index (χ2n) is 6.55. The van der Waals surface area contributed by atoms with Gasteiger partial charge in [-0.2, -0.15) is 13.2 Å². The first-order valence-corrected chi connectivity index (χ1v) is 8.67. The molecule has 29 heavy (non-hydrogen) atoms. The lowest BCUT2D eigenvalue weighted by Gasteiger charge is -2.30. The van der Waals surface area contributed by atoms with Gasteiger partial charge in [0.15, 0.2) is 4.77 Å². The molecule has 1 aromatic carbocycles. The molecule has 11 heteroatoms. The third-order valence-electron chi connectivity index (χ3n) is 4.34. The van der Waals surface area contributed by atoms with Crippen molar-refractivity contribution >= 4 is 29.9 Å². The highest BCUT2D eigenvalue weighted by atomic mass is 32.1. The fourth-order valence-electron chi connectivity index (χ4n) is 3.08. The minimum atomic E-state index is -5.32. The highest BCUT2D eigenvalue weighted by Crippen LogP contribution is 2.45. The molecule has 1 unspecified atom stereocenters. The number of nitrogens with zero attached hydrogens (tertiary/aromatic N) is 1. The van der Waals surface area contributed by atoms with Crippen LogP contribution in [-0.4, -0.2) is 27.5 Å². The van der Waals surface area contributed by atoms with Crippen molar-refractivity contribution in [1.82, 2.24) is 14.9 Å². The molecule has 1 aliphatic heterocycles. The van der Waals surface area contributed by atoms with E-state index in [4.69, 9.17) is 12.2 Å². The quantitative estimate of drug-likeness (QED) is 0.519. The van der Waals surface area contributed by atoms with E-state index in [1.165, 1.54) is 24.3 Å². The molecule has 0 saturated heterocycles. The summed E-state index contributed by atoms with van der Waals surface area (Å²) >= 11 is 5.02. The lowest BCUT2D eigenvalue weighted by molar-refractivity contribution is -0.196. The molecule has 1 aliphatic rings. The second kappa shape index (κ2) is 6.99. The molecule has 1 atom stereocenters. The zero-order valence-electron chi connectivity index (χ0n) is 15.0. The number of carbonyl (C=O) groups is 2. The van der Waals surface area contributed by atoms with Gasteiger partial charge in [0.2, 0.25) is 0 Å². The third kappa shape index (κ3) is 3.27. The summed E-state index contributed by atoms with van der Waals surface area (Å²) in [5, 5.41) is 3.80. The molecular formula is C18H15F3N4O3S. The zero-order valence-corrected chi connectivity index (χ0v) is 15.8. The number of aromatic amines is 1. The van der Waals surface area contributed by atoms with E-state index in [2.05, 4.69) is 16.9 Å². The Morgan fingerprint density at radius 2 is 1.90 bits per heavy atom. The smallest absolute Gasteiger partial charge is 0.326 e. The molecule has 2 amide bonds. The average Bonchev–Trinajstić information content (AvgIpc) is 2.93. The average molecular weight is 424 g/mol. The molecule has 152 valence electrons. The number of nitrogens with one attached hydrogen (secondary N) is 3. The Balaban J connectivity index is 2.27. The maximum absolute atomic E-state index is 14.2. The van der Waals surface area contributed by atoms with Crippen molar-refractivity contribution in [3.63, 3.8) is 0 Å². The van der Waals surface area contributed by atoms with E-state index < -0.39 is 40.5 Å². The summed E-state index contributed by atoms with van der Waals surface area (Å²) in [4.78, 5) is 39.7. The van der Waals surface area contributed by atoms with Gasteiger partial charge in [0.05, 0.1) is 0 Å². The van der Waals surface area contributed by atoms with Crippen LogP contribution >= 0.6 is 12.2 Å². The van der Waals surface area contributed by atoms with Gasteiger partial charge < -0.3 is 15.2 Å². The Morgan fingerprint density at radius 3 is 2.45 bits per heavy atom. The van der Waals surface area contributed by atoms with E-state index in [9.17, 15) is 27.6 Å². The number of hydrogen-bond donors (Lipinski definition) is 3. The number of rotatable bonds is 4. The van der Waals surface area contributed by atoms with Crippen molar-refractivity contribution in [3.05, 3.63) is 68.7 Å². The van der Waals surface area contributed by atoms with Gasteiger partial charge in [-0.3, -0.25) is 19.4 Å². The van der Waals surface area contributed by atoms with Gasteiger partial charge in [-0.1, -0.05) is 30.4 Å². The fraction of sp³-hybridized carbons (Fsp3) is 0.222. The van der Waals surface area contributed by atoms with Gasteiger partial charge in [-0.15, -0.1) is 0 Å². The molecule has 2 aromatic rings. The zero-order chi connectivity index (χ0) is 21.6. The van der Waals surface area contributed by atoms with Crippen LogP contribution in [0.25, 0.3) is 0 Å². The number of anilines is 1. The van der Waals surface area contributed by atoms with E-state index in [0.717, 1.165) is 4.57 Å². The summed E-state index contributed by atoms with van der Waals surface area (Å²) in [5.41, 5.74) is -5.38. The predicted molar refractivity (Wildman–Crippen MR) is 101 cm³/mol. The molecule has 0 aliphatic carbocycles. The van der Waals surface area contributed by atoms with Crippen LogP contribution in [0.5, 0.6) is 0 Å². The normalized spacial score (nSPS) is 18.1. The molecule has 3 rings (SSSR count). The van der Waals surface area contributed by atoms with Crippen molar-refractivity contribution < 1.29 is 22.8 Å². The van der Waals surface area contributed by atoms with E-state index in [-0.39, 0.29) is 16.9 Å². The highest BCUT2D eigenvalue weighted by molar-refractivity contribution is 7.71. The maximum Gasteiger partial charge on any atom is 0.425 e. The van der Waals surface area contributed by atoms with Crippen LogP contribution in [0.2, 0.25) is 0 Å². The summed E-state index contributed by atoms with van der Waals surface area (Å²) in [7, 11) is 0. The molecule has 1 aromatic heterocycles. The van der Waals surface area contributed by atoms with E-state index >= 15 is 0 Å². The van der Waals surface area contributed by atoms with Crippen molar-refractivity contribution in [3.8, 4) is 0 Å². The van der Waals surface area contributed by atoms with Crippen molar-refractivity contribution in [2.75, 3.05) is 5.32 Å². The topological polar surface area (TPSA) is 96.0 Å². The number of aromatic nitrogens is 2. The largest absolute Gasteiger partial charge is 0.425 e. The number of fused-ring (bicyclic) bond motifs is 1. The van der Waals surface area contributed by atoms with Crippen LogP contribution in [0.4, 0.5) is 19.0 Å². The molecule has 0 spiro atoms. The number of H-pyrrole nitrogens is 1. The molecule has 0 saturated carbocycles. The maximum atomic E-state index is 14.2. The first-order valence-electron chi connectivity index (χ1n) is 8.26. The summed E-state index contributed by atoms with van der Waals surface area (Å²) < 4.78 is 43.6. The molecule has 0 radical (unpaired) electrons. The Labute approximate surface area is 167 Å². The van der Waals surface area contributed by atoms with Crippen molar-refractivity contribution in [2.45, 2.75) is 25.2 Å². The Morgan fingerprint density at radius 1 is 1.28 bits per heavy atom. The fourth-order valence-corrected chi connectivity index (χ4v) is 3.33. The first-order chi connectivity index (χ1) is 13.5. The number of carbonyl (C=O) groups excluding carboxylic acids is 2. The van der Waals surface area contributed by atoms with Crippen LogP contribution in [0.15, 0.2) is 47.3 Å². The van der Waals surface area contributed by atoms with E-state index in [1.54, 1.807) is 18.3 Å². The number of hydrogen-bond acceptors (Lipinski definition) is 4. The minimum absolute atomic E-state index is 0.0429. The standard InChI is InChI=1S/C18H15F3N4O3S/c1-9(2)8-25-12-11(14(27)23-16(25)29)17(15(28)22-12,18(19,20)21)24-13(26)10-6-4-3-5-7-10/h3-7H,1,8H2,2H3,(H,22,28)(H,24,26)(H,23,27,29). The van der Waals surface area contributed by atoms with Crippen LogP contribution in [0, 0.1) is 4.77 Å². The Kier molecular flexibility index (Phi) is 4.95. The number of allylic oxidation sites excluding steroid dienone is 1. The summed E-state index contributed by atoms with van der Waals surface area (Å²) in [6.07, 6.45) is -5.32. The Bertz CT molecular complexity index is 1140. The molecule has 2 heterocycles. The predicted octanol–water partition coefficient (Wildman–Crippen LogP) is 2.62. The van der Waals surface area contributed by atoms with Crippen molar-refractivity contribution in [1.29, 1.82) is 0 Å². The van der Waals surface area contributed by atoms with E-state index in [1.807, 2.05) is 0 Å². The minimum Gasteiger partial charge on any atom is -0.326 e. The van der Waals surface area contributed by atoms with Gasteiger partial charge in [0, 0.05) is 12.1 Å². The van der Waals surface area contributed by atoms with Gasteiger partial charge in [-0.25, -0.2) is 0 Å². The Hall–Kier alpha value is -3.21. The molecule has 3 N–H and O–H groups in total. The number of benzene rings is 1. The summed E-state index contributed by atoms with van der Waals surface area (Å²) in [6, 6.07) is 7.05. The van der Waals surface area contributed by atoms with Crippen LogP contribution in [0.1, 0.15) is 22.8 Å². The monoisotopic (exact) mass is 424 g/mol. The molecular weight excluding hydrogens is 409 g/mol. The van der Waals surface area contributed by atoms with Gasteiger partial charge in [-0.05, 0) is 31.3 Å². The van der Waals surface area contributed by atoms with Crippen LogP contribution in [-0.2, 0) is 16.9 Å². The third-order valence-corrected chi connectivity index (χ3v) is 4.66. The van der Waals surface area contributed by atoms with Crippen LogP contribution < -0.4 is 16.2 Å². The summed E-state index contributed by atoms with van der Waals surface area (Å²) in [5.74, 6) is -3.21. The number of alkyl halides is 3. The summed E-state index contributed by atoms with van der Waals surface area (Å²) in [6.45, 7) is 5.23. The number of halogens is 3. The van der Waals surface area contributed by atoms with Crippen molar-refractivity contribution in [2.24, 2.45) is 0 Å². The SMILES string of the molecule is C=C(C)Cn1c2c(c(=O)[nH]c1=S)C(NC(=O)c1ccccc1)(C(F)(F)F)C(=O)N2. The first kappa shape index (κ1) is 20.5. The highest BCUT2D eigenvalue weighted by Gasteiger charge is 2.68. The second-order valence-corrected chi connectivity index (χ2v) is 6.93. The molecule has 7 nitrogen and oxygen atoms in total. The van der Waals surface area contributed by atoms with Gasteiger partial charge >= 0.3 is 6.18 Å². The van der Waals surface area contributed by atoms with Gasteiger partial charge in [0.1, 0.15) is 11.4 Å².